The van der Waals surface area contributed by atoms with Gasteiger partial charge in [0.2, 0.25) is 11.8 Å². The highest BCUT2D eigenvalue weighted by atomic mass is 16.2. The number of fused-ring (bicyclic) bond motifs is 1. The molecule has 1 fully saturated rings. The fourth-order valence-electron chi connectivity index (χ4n) is 3.32. The van der Waals surface area contributed by atoms with Gasteiger partial charge in [-0.25, -0.2) is 9.48 Å². The van der Waals surface area contributed by atoms with E-state index in [9.17, 15) is 14.4 Å². The molecule has 2 aromatic heterocycles. The number of rotatable bonds is 6. The molecule has 27 heavy (non-hydrogen) atoms. The van der Waals surface area contributed by atoms with E-state index in [4.69, 9.17) is 0 Å². The summed E-state index contributed by atoms with van der Waals surface area (Å²) in [5, 5.41) is 4.20. The lowest BCUT2D eigenvalue weighted by Crippen LogP contribution is -2.52. The van der Waals surface area contributed by atoms with Crippen LogP contribution in [0.5, 0.6) is 0 Å². The number of carbonyl (C=O) groups is 2. The molecule has 0 unspecified atom stereocenters. The van der Waals surface area contributed by atoms with E-state index < -0.39 is 0 Å². The molecule has 1 aliphatic heterocycles. The zero-order valence-electron chi connectivity index (χ0n) is 15.9. The Labute approximate surface area is 157 Å². The smallest absolute Gasteiger partial charge is 0.342 e. The Kier molecular flexibility index (Phi) is 5.90. The van der Waals surface area contributed by atoms with Gasteiger partial charge in [0.15, 0.2) is 5.65 Å². The van der Waals surface area contributed by atoms with Crippen molar-refractivity contribution in [1.29, 1.82) is 0 Å². The number of carbonyl (C=O) groups excluding carboxylic acids is 2. The van der Waals surface area contributed by atoms with Gasteiger partial charge in [-0.2, -0.15) is 0 Å². The number of hydrogen-bond acceptors (Lipinski definition) is 5. The van der Waals surface area contributed by atoms with Crippen molar-refractivity contribution in [2.45, 2.75) is 20.4 Å². The molecule has 2 aromatic rings. The molecule has 2 amide bonds. The standard InChI is InChI=1S/C18H26N6O3/c1-3-21(4-2)16(25)13-20-9-11-22(12-10-20)17(26)14-24-18(27)23-8-6-5-7-15(23)19-24/h5-8H,3-4,9-14H2,1-2H3. The van der Waals surface area contributed by atoms with Crippen LogP contribution in [0, 0.1) is 0 Å². The van der Waals surface area contributed by atoms with Gasteiger partial charge in [0.25, 0.3) is 0 Å². The summed E-state index contributed by atoms with van der Waals surface area (Å²) in [6.07, 6.45) is 1.64. The van der Waals surface area contributed by atoms with Crippen LogP contribution in [0.15, 0.2) is 29.2 Å². The average Bonchev–Trinajstić information content (AvgIpc) is 2.99. The Morgan fingerprint density at radius 3 is 2.41 bits per heavy atom. The van der Waals surface area contributed by atoms with Crippen LogP contribution in [0.3, 0.4) is 0 Å². The van der Waals surface area contributed by atoms with Crippen molar-refractivity contribution >= 4 is 17.5 Å². The molecule has 0 saturated carbocycles. The fourth-order valence-corrected chi connectivity index (χ4v) is 3.32. The summed E-state index contributed by atoms with van der Waals surface area (Å²) in [7, 11) is 0. The lowest BCUT2D eigenvalue weighted by atomic mass is 10.3. The summed E-state index contributed by atoms with van der Waals surface area (Å²) >= 11 is 0. The maximum atomic E-state index is 12.5. The second-order valence-electron chi connectivity index (χ2n) is 6.59. The maximum Gasteiger partial charge on any atom is 0.350 e. The molecular weight excluding hydrogens is 348 g/mol. The summed E-state index contributed by atoms with van der Waals surface area (Å²) in [5.74, 6) is -0.00810. The summed E-state index contributed by atoms with van der Waals surface area (Å²) < 4.78 is 2.62. The van der Waals surface area contributed by atoms with Crippen LogP contribution >= 0.6 is 0 Å². The average molecular weight is 374 g/mol. The first-order valence-corrected chi connectivity index (χ1v) is 9.35. The van der Waals surface area contributed by atoms with Gasteiger partial charge in [-0.3, -0.25) is 18.9 Å². The number of hydrogen-bond donors (Lipinski definition) is 0. The predicted molar refractivity (Wildman–Crippen MR) is 100 cm³/mol. The highest BCUT2D eigenvalue weighted by molar-refractivity contribution is 5.78. The molecule has 0 N–H and O–H groups in total. The SMILES string of the molecule is CCN(CC)C(=O)CN1CCN(C(=O)Cn2nc3ccccn3c2=O)CC1. The van der Waals surface area contributed by atoms with Crippen molar-refractivity contribution < 1.29 is 9.59 Å². The molecule has 3 heterocycles. The Morgan fingerprint density at radius 2 is 1.78 bits per heavy atom. The van der Waals surface area contributed by atoms with Gasteiger partial charge >= 0.3 is 5.69 Å². The third-order valence-corrected chi connectivity index (χ3v) is 4.97. The van der Waals surface area contributed by atoms with Gasteiger partial charge in [0.05, 0.1) is 6.54 Å². The number of likely N-dealkylation sites (N-methyl/N-ethyl adjacent to an activating group) is 1. The molecule has 0 atom stereocenters. The van der Waals surface area contributed by atoms with Crippen molar-refractivity contribution in [3.63, 3.8) is 0 Å². The summed E-state index contributed by atoms with van der Waals surface area (Å²) in [6, 6.07) is 5.28. The van der Waals surface area contributed by atoms with Crippen molar-refractivity contribution in [3.05, 3.63) is 34.9 Å². The van der Waals surface area contributed by atoms with E-state index in [0.717, 1.165) is 0 Å². The third-order valence-electron chi connectivity index (χ3n) is 4.97. The van der Waals surface area contributed by atoms with Crippen LogP contribution in [-0.4, -0.2) is 86.5 Å². The molecule has 9 nitrogen and oxygen atoms in total. The van der Waals surface area contributed by atoms with Crippen molar-refractivity contribution in [3.8, 4) is 0 Å². The molecule has 3 rings (SSSR count). The zero-order chi connectivity index (χ0) is 19.4. The lowest BCUT2D eigenvalue weighted by Gasteiger charge is -2.35. The number of aromatic nitrogens is 3. The quantitative estimate of drug-likeness (QED) is 0.681. The van der Waals surface area contributed by atoms with Crippen LogP contribution in [0.1, 0.15) is 13.8 Å². The van der Waals surface area contributed by atoms with Gasteiger partial charge in [-0.05, 0) is 26.0 Å². The summed E-state index contributed by atoms with van der Waals surface area (Å²) in [6.45, 7) is 8.08. The summed E-state index contributed by atoms with van der Waals surface area (Å²) in [5.41, 5.74) is 0.206. The Bertz CT molecular complexity index is 861. The second-order valence-corrected chi connectivity index (χ2v) is 6.59. The van der Waals surface area contributed by atoms with E-state index in [-0.39, 0.29) is 24.0 Å². The normalized spacial score (nSPS) is 15.3. The van der Waals surface area contributed by atoms with Gasteiger partial charge in [0, 0.05) is 45.5 Å². The maximum absolute atomic E-state index is 12.5. The predicted octanol–water partition coefficient (Wildman–Crippen LogP) is -0.491. The van der Waals surface area contributed by atoms with Crippen LogP contribution in [-0.2, 0) is 16.1 Å². The number of piperazine rings is 1. The second kappa shape index (κ2) is 8.34. The molecule has 1 aliphatic rings. The van der Waals surface area contributed by atoms with E-state index >= 15 is 0 Å². The minimum absolute atomic E-state index is 0.0705. The first-order chi connectivity index (χ1) is 13.0. The highest BCUT2D eigenvalue weighted by Crippen LogP contribution is 2.04. The Hall–Kier alpha value is -2.68. The van der Waals surface area contributed by atoms with Crippen molar-refractivity contribution in [2.75, 3.05) is 45.8 Å². The molecule has 0 aliphatic carbocycles. The van der Waals surface area contributed by atoms with E-state index in [1.807, 2.05) is 18.7 Å². The molecule has 146 valence electrons. The van der Waals surface area contributed by atoms with Crippen molar-refractivity contribution in [2.24, 2.45) is 0 Å². The van der Waals surface area contributed by atoms with Gasteiger partial charge in [0.1, 0.15) is 6.54 Å². The number of pyridine rings is 1. The molecule has 0 spiro atoms. The molecule has 0 radical (unpaired) electrons. The van der Waals surface area contributed by atoms with Crippen LogP contribution in [0.2, 0.25) is 0 Å². The van der Waals surface area contributed by atoms with E-state index in [1.54, 1.807) is 29.3 Å². The monoisotopic (exact) mass is 374 g/mol. The minimum atomic E-state index is -0.317. The summed E-state index contributed by atoms with van der Waals surface area (Å²) in [4.78, 5) is 42.7. The molecule has 0 bridgehead atoms. The lowest BCUT2D eigenvalue weighted by molar-refractivity contribution is -0.135. The van der Waals surface area contributed by atoms with Gasteiger partial charge in [-0.1, -0.05) is 6.07 Å². The van der Waals surface area contributed by atoms with Crippen LogP contribution in [0.4, 0.5) is 0 Å². The third kappa shape index (κ3) is 4.19. The zero-order valence-corrected chi connectivity index (χ0v) is 15.9. The minimum Gasteiger partial charge on any atom is -0.342 e. The fraction of sp³-hybridized carbons (Fsp3) is 0.556. The highest BCUT2D eigenvalue weighted by Gasteiger charge is 2.24. The largest absolute Gasteiger partial charge is 0.350 e. The van der Waals surface area contributed by atoms with Gasteiger partial charge < -0.3 is 9.80 Å². The van der Waals surface area contributed by atoms with E-state index in [2.05, 4.69) is 10.00 Å². The topological polar surface area (TPSA) is 83.2 Å². The van der Waals surface area contributed by atoms with E-state index in [0.29, 0.717) is 51.5 Å². The molecular formula is C18H26N6O3. The van der Waals surface area contributed by atoms with Crippen LogP contribution in [0.25, 0.3) is 5.65 Å². The molecule has 1 saturated heterocycles. The number of nitrogens with zero attached hydrogens (tertiary/aromatic N) is 6. The number of amides is 2. The van der Waals surface area contributed by atoms with Crippen molar-refractivity contribution in [1.82, 2.24) is 28.9 Å². The van der Waals surface area contributed by atoms with Crippen LogP contribution < -0.4 is 5.69 Å². The first-order valence-electron chi connectivity index (χ1n) is 9.35. The molecule has 9 heteroatoms. The van der Waals surface area contributed by atoms with Gasteiger partial charge in [-0.15, -0.1) is 5.10 Å². The van der Waals surface area contributed by atoms with E-state index in [1.165, 1.54) is 9.08 Å². The Morgan fingerprint density at radius 1 is 1.07 bits per heavy atom. The first kappa shape index (κ1) is 19.1. The Balaban J connectivity index is 1.54. The molecule has 0 aromatic carbocycles.